The lowest BCUT2D eigenvalue weighted by Crippen LogP contribution is -1.95. The Morgan fingerprint density at radius 1 is 1.44 bits per heavy atom. The zero-order valence-corrected chi connectivity index (χ0v) is 9.60. The second-order valence-corrected chi connectivity index (χ2v) is 4.04. The molecule has 0 fully saturated rings. The van der Waals surface area contributed by atoms with Crippen LogP contribution < -0.4 is 0 Å². The minimum atomic E-state index is -1.10. The molecule has 3 aromatic rings. The van der Waals surface area contributed by atoms with Crippen molar-refractivity contribution in [1.29, 1.82) is 0 Å². The average Bonchev–Trinajstić information content (AvgIpc) is 2.94. The van der Waals surface area contributed by atoms with E-state index < -0.39 is 5.97 Å². The molecular weight excluding hydrogens is 232 g/mol. The highest BCUT2D eigenvalue weighted by molar-refractivity contribution is 5.96. The second-order valence-electron chi connectivity index (χ2n) is 4.04. The van der Waals surface area contributed by atoms with Crippen molar-refractivity contribution < 1.29 is 14.3 Å². The number of aromatic carboxylic acids is 1. The third-order valence-corrected chi connectivity index (χ3v) is 2.87. The van der Waals surface area contributed by atoms with E-state index in [-0.39, 0.29) is 5.69 Å². The number of carboxylic acids is 1. The summed E-state index contributed by atoms with van der Waals surface area (Å²) in [7, 11) is 0. The molecule has 0 bridgehead atoms. The van der Waals surface area contributed by atoms with Crippen molar-refractivity contribution in [2.24, 2.45) is 0 Å². The minimum Gasteiger partial charge on any atom is -0.476 e. The number of carbonyl (C=O) groups is 1. The predicted molar refractivity (Wildman–Crippen MR) is 65.5 cm³/mol. The molecule has 2 heterocycles. The molecule has 0 radical (unpaired) electrons. The molecule has 0 saturated heterocycles. The fourth-order valence-electron chi connectivity index (χ4n) is 2.03. The fourth-order valence-corrected chi connectivity index (χ4v) is 2.03. The van der Waals surface area contributed by atoms with Crippen molar-refractivity contribution in [2.45, 2.75) is 6.92 Å². The van der Waals surface area contributed by atoms with Crippen LogP contribution in [-0.4, -0.2) is 21.0 Å². The smallest absolute Gasteiger partial charge is 0.357 e. The SMILES string of the molecule is Cc1cccc2[nH]cc(-c3nc(C(=O)O)co3)c12. The molecule has 1 aromatic carbocycles. The zero-order chi connectivity index (χ0) is 12.7. The van der Waals surface area contributed by atoms with Gasteiger partial charge in [-0.05, 0) is 18.6 Å². The number of oxazole rings is 1. The van der Waals surface area contributed by atoms with Crippen LogP contribution in [0.4, 0.5) is 0 Å². The second kappa shape index (κ2) is 3.73. The highest BCUT2D eigenvalue weighted by atomic mass is 16.4. The van der Waals surface area contributed by atoms with Gasteiger partial charge in [-0.25, -0.2) is 9.78 Å². The van der Waals surface area contributed by atoms with E-state index >= 15 is 0 Å². The summed E-state index contributed by atoms with van der Waals surface area (Å²) in [5.41, 5.74) is 2.74. The largest absolute Gasteiger partial charge is 0.476 e. The van der Waals surface area contributed by atoms with Crippen molar-refractivity contribution in [1.82, 2.24) is 9.97 Å². The molecule has 2 aromatic heterocycles. The van der Waals surface area contributed by atoms with Crippen LogP contribution in [0, 0.1) is 6.92 Å². The number of hydrogen-bond acceptors (Lipinski definition) is 3. The third kappa shape index (κ3) is 1.48. The van der Waals surface area contributed by atoms with Crippen LogP contribution in [0.1, 0.15) is 16.1 Å². The zero-order valence-electron chi connectivity index (χ0n) is 9.60. The van der Waals surface area contributed by atoms with Gasteiger partial charge in [0.25, 0.3) is 0 Å². The van der Waals surface area contributed by atoms with Crippen molar-refractivity contribution in [3.8, 4) is 11.5 Å². The molecule has 3 rings (SSSR count). The molecule has 0 aliphatic rings. The molecule has 5 nitrogen and oxygen atoms in total. The molecule has 2 N–H and O–H groups in total. The number of nitrogens with zero attached hydrogens (tertiary/aromatic N) is 1. The summed E-state index contributed by atoms with van der Waals surface area (Å²) in [6.45, 7) is 1.99. The molecule has 18 heavy (non-hydrogen) atoms. The summed E-state index contributed by atoms with van der Waals surface area (Å²) in [5.74, 6) is -0.783. The Kier molecular flexibility index (Phi) is 2.19. The van der Waals surface area contributed by atoms with Gasteiger partial charge in [0.15, 0.2) is 5.69 Å². The molecular formula is C13H10N2O3. The first-order chi connectivity index (χ1) is 8.66. The molecule has 0 aliphatic heterocycles. The topological polar surface area (TPSA) is 79.1 Å². The van der Waals surface area contributed by atoms with E-state index in [9.17, 15) is 4.79 Å². The number of nitrogens with one attached hydrogen (secondary N) is 1. The highest BCUT2D eigenvalue weighted by Crippen LogP contribution is 2.30. The number of hydrogen-bond donors (Lipinski definition) is 2. The van der Waals surface area contributed by atoms with Crippen LogP contribution >= 0.6 is 0 Å². The van der Waals surface area contributed by atoms with Gasteiger partial charge in [-0.3, -0.25) is 0 Å². The number of benzene rings is 1. The average molecular weight is 242 g/mol. The Hall–Kier alpha value is -2.56. The van der Waals surface area contributed by atoms with Crippen LogP contribution in [0.5, 0.6) is 0 Å². The van der Waals surface area contributed by atoms with E-state index in [1.165, 1.54) is 0 Å². The summed E-state index contributed by atoms with van der Waals surface area (Å²) in [6.07, 6.45) is 2.92. The van der Waals surface area contributed by atoms with Crippen molar-refractivity contribution in [3.63, 3.8) is 0 Å². The van der Waals surface area contributed by atoms with Gasteiger partial charge in [-0.1, -0.05) is 12.1 Å². The lowest BCUT2D eigenvalue weighted by Gasteiger charge is -1.97. The maximum atomic E-state index is 10.8. The summed E-state index contributed by atoms with van der Waals surface area (Å²) in [5, 5.41) is 9.83. The van der Waals surface area contributed by atoms with Gasteiger partial charge in [0, 0.05) is 17.1 Å². The Balaban J connectivity index is 2.22. The van der Waals surface area contributed by atoms with Crippen LogP contribution in [0.25, 0.3) is 22.4 Å². The number of carboxylic acid groups (broad SMARTS) is 1. The van der Waals surface area contributed by atoms with Gasteiger partial charge < -0.3 is 14.5 Å². The van der Waals surface area contributed by atoms with Gasteiger partial charge in [0.1, 0.15) is 6.26 Å². The quantitative estimate of drug-likeness (QED) is 0.724. The van der Waals surface area contributed by atoms with E-state index in [0.29, 0.717) is 5.89 Å². The summed E-state index contributed by atoms with van der Waals surface area (Å²) >= 11 is 0. The van der Waals surface area contributed by atoms with Gasteiger partial charge >= 0.3 is 5.97 Å². The molecule has 0 unspecified atom stereocenters. The maximum Gasteiger partial charge on any atom is 0.357 e. The number of aryl methyl sites for hydroxylation is 1. The number of aromatic nitrogens is 2. The third-order valence-electron chi connectivity index (χ3n) is 2.87. The molecule has 5 heteroatoms. The molecule has 0 saturated carbocycles. The van der Waals surface area contributed by atoms with Gasteiger partial charge in [0.2, 0.25) is 5.89 Å². The fraction of sp³-hybridized carbons (Fsp3) is 0.0769. The van der Waals surface area contributed by atoms with Crippen molar-refractivity contribution >= 4 is 16.9 Å². The van der Waals surface area contributed by atoms with E-state index in [1.54, 1.807) is 6.20 Å². The van der Waals surface area contributed by atoms with Crippen LogP contribution in [0.3, 0.4) is 0 Å². The summed E-state index contributed by atoms with van der Waals surface area (Å²) in [4.78, 5) is 17.9. The Morgan fingerprint density at radius 2 is 2.28 bits per heavy atom. The van der Waals surface area contributed by atoms with E-state index in [0.717, 1.165) is 28.3 Å². The maximum absolute atomic E-state index is 10.8. The normalized spacial score (nSPS) is 10.9. The molecule has 0 aliphatic carbocycles. The Labute approximate surface area is 102 Å². The van der Waals surface area contributed by atoms with Crippen LogP contribution in [0.15, 0.2) is 35.1 Å². The molecule has 0 atom stereocenters. The standard InChI is InChI=1S/C13H10N2O3/c1-7-3-2-4-9-11(7)8(5-14-9)12-15-10(6-18-12)13(16)17/h2-6,14H,1H3,(H,16,17). The van der Waals surface area contributed by atoms with Crippen LogP contribution in [-0.2, 0) is 0 Å². The van der Waals surface area contributed by atoms with Crippen LogP contribution in [0.2, 0.25) is 0 Å². The van der Waals surface area contributed by atoms with Crippen molar-refractivity contribution in [3.05, 3.63) is 41.9 Å². The Bertz CT molecular complexity index is 740. The Morgan fingerprint density at radius 3 is 3.00 bits per heavy atom. The number of H-pyrrole nitrogens is 1. The van der Waals surface area contributed by atoms with Crippen molar-refractivity contribution in [2.75, 3.05) is 0 Å². The molecule has 0 spiro atoms. The number of rotatable bonds is 2. The van der Waals surface area contributed by atoms with E-state index in [2.05, 4.69) is 9.97 Å². The lowest BCUT2D eigenvalue weighted by molar-refractivity contribution is 0.0690. The van der Waals surface area contributed by atoms with Gasteiger partial charge in [-0.2, -0.15) is 0 Å². The first-order valence-corrected chi connectivity index (χ1v) is 5.42. The lowest BCUT2D eigenvalue weighted by atomic mass is 10.1. The first kappa shape index (κ1) is 10.6. The number of aromatic amines is 1. The molecule has 0 amide bonds. The van der Waals surface area contributed by atoms with Gasteiger partial charge in [-0.15, -0.1) is 0 Å². The highest BCUT2D eigenvalue weighted by Gasteiger charge is 2.15. The predicted octanol–water partition coefficient (Wildman–Crippen LogP) is 2.83. The minimum absolute atomic E-state index is 0.0899. The van der Waals surface area contributed by atoms with E-state index in [4.69, 9.17) is 9.52 Å². The first-order valence-electron chi connectivity index (χ1n) is 5.42. The van der Waals surface area contributed by atoms with E-state index in [1.807, 2.05) is 25.1 Å². The summed E-state index contributed by atoms with van der Waals surface area (Å²) < 4.78 is 5.22. The monoisotopic (exact) mass is 242 g/mol. The summed E-state index contributed by atoms with van der Waals surface area (Å²) in [6, 6.07) is 5.89. The molecule has 90 valence electrons. The van der Waals surface area contributed by atoms with Gasteiger partial charge in [0.05, 0.1) is 5.56 Å². The number of fused-ring (bicyclic) bond motifs is 1.